The quantitative estimate of drug-likeness (QED) is 0.879. The van der Waals surface area contributed by atoms with Gasteiger partial charge in [0, 0.05) is 12.2 Å². The highest BCUT2D eigenvalue weighted by molar-refractivity contribution is 8.01. The Labute approximate surface area is 152 Å². The summed E-state index contributed by atoms with van der Waals surface area (Å²) >= 11 is 1.66. The summed E-state index contributed by atoms with van der Waals surface area (Å²) < 4.78 is 0. The van der Waals surface area contributed by atoms with Gasteiger partial charge in [0.2, 0.25) is 11.8 Å². The minimum atomic E-state index is -0.945. The average Bonchev–Trinajstić information content (AvgIpc) is 3.10. The maximum Gasteiger partial charge on any atom is 0.244 e. The van der Waals surface area contributed by atoms with Crippen molar-refractivity contribution < 1.29 is 9.59 Å². The van der Waals surface area contributed by atoms with Crippen molar-refractivity contribution >= 4 is 23.6 Å². The molecule has 0 saturated carbocycles. The third-order valence-electron chi connectivity index (χ3n) is 5.15. The van der Waals surface area contributed by atoms with Crippen LogP contribution in [0.3, 0.4) is 0 Å². The molecule has 0 bridgehead atoms. The number of nitriles is 1. The zero-order valence-electron chi connectivity index (χ0n) is 14.6. The van der Waals surface area contributed by atoms with Crippen LogP contribution in [0.15, 0.2) is 30.3 Å². The van der Waals surface area contributed by atoms with E-state index in [9.17, 15) is 14.9 Å². The highest BCUT2D eigenvalue weighted by atomic mass is 32.2. The minimum Gasteiger partial charge on any atom is -0.336 e. The maximum atomic E-state index is 12.8. The zero-order chi connectivity index (χ0) is 18.1. The summed E-state index contributed by atoms with van der Waals surface area (Å²) in [6.07, 6.45) is 2.52. The van der Waals surface area contributed by atoms with Gasteiger partial charge in [-0.3, -0.25) is 9.59 Å². The molecule has 2 aliphatic heterocycles. The molecule has 1 aromatic carbocycles. The summed E-state index contributed by atoms with van der Waals surface area (Å²) in [6.45, 7) is 3.77. The molecule has 25 heavy (non-hydrogen) atoms. The first-order valence-corrected chi connectivity index (χ1v) is 9.59. The molecular formula is C19H23N3O2S. The average molecular weight is 357 g/mol. The lowest BCUT2D eigenvalue weighted by Crippen LogP contribution is -2.55. The van der Waals surface area contributed by atoms with Crippen LogP contribution in [0.25, 0.3) is 0 Å². The Morgan fingerprint density at radius 3 is 2.88 bits per heavy atom. The van der Waals surface area contributed by atoms with Crippen molar-refractivity contribution in [2.45, 2.75) is 56.0 Å². The number of nitrogens with one attached hydrogen (secondary N) is 1. The van der Waals surface area contributed by atoms with E-state index >= 15 is 0 Å². The standard InChI is InChI=1S/C19H23N3O2S/c1-18(13-20,10-8-14-6-4-3-5-7-14)21-17(24)15-12-25-19(2)11-9-16(23)22(15)19/h3-7,15H,8-12H2,1-2H3,(H,21,24). The van der Waals surface area contributed by atoms with Crippen LogP contribution in [-0.4, -0.2) is 38.9 Å². The van der Waals surface area contributed by atoms with E-state index in [-0.39, 0.29) is 16.7 Å². The van der Waals surface area contributed by atoms with Gasteiger partial charge in [-0.05, 0) is 38.7 Å². The molecule has 1 N–H and O–H groups in total. The summed E-state index contributed by atoms with van der Waals surface area (Å²) in [6, 6.07) is 11.7. The third kappa shape index (κ3) is 3.52. The number of fused-ring (bicyclic) bond motifs is 1. The van der Waals surface area contributed by atoms with Gasteiger partial charge in [-0.1, -0.05) is 30.3 Å². The van der Waals surface area contributed by atoms with Gasteiger partial charge in [0.25, 0.3) is 0 Å². The Kier molecular flexibility index (Phi) is 4.79. The number of rotatable bonds is 5. The monoisotopic (exact) mass is 357 g/mol. The van der Waals surface area contributed by atoms with Gasteiger partial charge in [0.05, 0.1) is 10.9 Å². The van der Waals surface area contributed by atoms with E-state index in [1.807, 2.05) is 37.3 Å². The van der Waals surface area contributed by atoms with Crippen LogP contribution in [0, 0.1) is 11.3 Å². The van der Waals surface area contributed by atoms with Crippen molar-refractivity contribution in [2.24, 2.45) is 0 Å². The summed E-state index contributed by atoms with van der Waals surface area (Å²) in [4.78, 5) is 26.4. The van der Waals surface area contributed by atoms with E-state index in [4.69, 9.17) is 0 Å². The van der Waals surface area contributed by atoms with Gasteiger partial charge in [-0.25, -0.2) is 0 Å². The Hall–Kier alpha value is -2.00. The van der Waals surface area contributed by atoms with Crippen LogP contribution in [-0.2, 0) is 16.0 Å². The topological polar surface area (TPSA) is 73.2 Å². The summed E-state index contributed by atoms with van der Waals surface area (Å²) in [7, 11) is 0. The predicted molar refractivity (Wildman–Crippen MR) is 97.7 cm³/mol. The number of aryl methyl sites for hydroxylation is 1. The number of hydrogen-bond acceptors (Lipinski definition) is 4. The number of carbonyl (C=O) groups is 2. The second-order valence-electron chi connectivity index (χ2n) is 7.18. The molecule has 3 unspecified atom stereocenters. The molecule has 2 aliphatic rings. The van der Waals surface area contributed by atoms with Gasteiger partial charge in [-0.15, -0.1) is 11.8 Å². The fraction of sp³-hybridized carbons (Fsp3) is 0.526. The molecule has 0 spiro atoms. The van der Waals surface area contributed by atoms with E-state index in [0.29, 0.717) is 25.0 Å². The number of nitrogens with zero attached hydrogens (tertiary/aromatic N) is 2. The van der Waals surface area contributed by atoms with E-state index in [2.05, 4.69) is 11.4 Å². The lowest BCUT2D eigenvalue weighted by Gasteiger charge is -2.32. The molecule has 0 radical (unpaired) electrons. The molecule has 5 nitrogen and oxygen atoms in total. The maximum absolute atomic E-state index is 12.8. The van der Waals surface area contributed by atoms with Crippen LogP contribution in [0.5, 0.6) is 0 Å². The lowest BCUT2D eigenvalue weighted by atomic mass is 9.94. The molecule has 132 valence electrons. The fourth-order valence-electron chi connectivity index (χ4n) is 3.56. The molecular weight excluding hydrogens is 334 g/mol. The van der Waals surface area contributed by atoms with Crippen molar-refractivity contribution in [3.8, 4) is 6.07 Å². The highest BCUT2D eigenvalue weighted by Crippen LogP contribution is 2.47. The van der Waals surface area contributed by atoms with Crippen LogP contribution >= 0.6 is 11.8 Å². The second kappa shape index (κ2) is 6.72. The summed E-state index contributed by atoms with van der Waals surface area (Å²) in [5.74, 6) is 0.410. The van der Waals surface area contributed by atoms with Gasteiger partial charge >= 0.3 is 0 Å². The normalized spacial score (nSPS) is 27.5. The number of benzene rings is 1. The molecule has 2 saturated heterocycles. The van der Waals surface area contributed by atoms with Crippen LogP contribution in [0.2, 0.25) is 0 Å². The molecule has 6 heteroatoms. The third-order valence-corrected chi connectivity index (χ3v) is 6.65. The molecule has 2 heterocycles. The van der Waals surface area contributed by atoms with E-state index in [0.717, 1.165) is 12.0 Å². The van der Waals surface area contributed by atoms with Crippen LogP contribution in [0.1, 0.15) is 38.7 Å². The van der Waals surface area contributed by atoms with E-state index < -0.39 is 11.6 Å². The smallest absolute Gasteiger partial charge is 0.244 e. The second-order valence-corrected chi connectivity index (χ2v) is 8.69. The lowest BCUT2D eigenvalue weighted by molar-refractivity contribution is -0.138. The van der Waals surface area contributed by atoms with Crippen LogP contribution < -0.4 is 5.32 Å². The molecule has 2 fully saturated rings. The van der Waals surface area contributed by atoms with Crippen molar-refractivity contribution in [1.82, 2.24) is 10.2 Å². The predicted octanol–water partition coefficient (Wildman–Crippen LogP) is 2.47. The highest BCUT2D eigenvalue weighted by Gasteiger charge is 2.53. The van der Waals surface area contributed by atoms with Crippen molar-refractivity contribution in [1.29, 1.82) is 5.26 Å². The van der Waals surface area contributed by atoms with Gasteiger partial charge < -0.3 is 10.2 Å². The largest absolute Gasteiger partial charge is 0.336 e. The molecule has 0 aromatic heterocycles. The summed E-state index contributed by atoms with van der Waals surface area (Å²) in [5.41, 5.74) is 0.191. The molecule has 1 aromatic rings. The van der Waals surface area contributed by atoms with Crippen molar-refractivity contribution in [2.75, 3.05) is 5.75 Å². The zero-order valence-corrected chi connectivity index (χ0v) is 15.4. The van der Waals surface area contributed by atoms with E-state index in [1.54, 1.807) is 23.6 Å². The Balaban J connectivity index is 1.66. The Bertz CT molecular complexity index is 717. The number of thioether (sulfide) groups is 1. The van der Waals surface area contributed by atoms with Crippen LogP contribution in [0.4, 0.5) is 0 Å². The molecule has 2 amide bonds. The van der Waals surface area contributed by atoms with Gasteiger partial charge in [0.15, 0.2) is 0 Å². The Morgan fingerprint density at radius 1 is 1.48 bits per heavy atom. The molecule has 3 atom stereocenters. The Morgan fingerprint density at radius 2 is 2.20 bits per heavy atom. The first-order chi connectivity index (χ1) is 11.9. The van der Waals surface area contributed by atoms with Crippen molar-refractivity contribution in [3.05, 3.63) is 35.9 Å². The van der Waals surface area contributed by atoms with Gasteiger partial charge in [-0.2, -0.15) is 5.26 Å². The van der Waals surface area contributed by atoms with E-state index in [1.165, 1.54) is 0 Å². The molecule has 0 aliphatic carbocycles. The molecule has 3 rings (SSSR count). The first kappa shape index (κ1) is 17.8. The number of carbonyl (C=O) groups excluding carboxylic acids is 2. The fourth-order valence-corrected chi connectivity index (χ4v) is 4.99. The summed E-state index contributed by atoms with van der Waals surface area (Å²) in [5, 5.41) is 12.5. The first-order valence-electron chi connectivity index (χ1n) is 8.60. The number of hydrogen-bond donors (Lipinski definition) is 1. The van der Waals surface area contributed by atoms with Gasteiger partial charge in [0.1, 0.15) is 11.6 Å². The number of amides is 2. The minimum absolute atomic E-state index is 0.0376. The van der Waals surface area contributed by atoms with Crippen molar-refractivity contribution in [3.63, 3.8) is 0 Å². The SMILES string of the molecule is CC(C#N)(CCc1ccccc1)NC(=O)C1CSC2(C)CCC(=O)N12.